The first kappa shape index (κ1) is 16.7. The molecule has 0 saturated carbocycles. The number of hydrogen-bond acceptors (Lipinski definition) is 3. The van der Waals surface area contributed by atoms with Crippen molar-refractivity contribution in [2.45, 2.75) is 19.8 Å². The maximum Gasteiger partial charge on any atom is 0.252 e. The lowest BCUT2D eigenvalue weighted by Gasteiger charge is -2.07. The number of rotatable bonds is 6. The summed E-state index contributed by atoms with van der Waals surface area (Å²) in [6, 6.07) is 7.06. The van der Waals surface area contributed by atoms with Gasteiger partial charge in [0.05, 0.1) is 12.1 Å². The van der Waals surface area contributed by atoms with E-state index in [0.717, 1.165) is 6.42 Å². The van der Waals surface area contributed by atoms with Gasteiger partial charge in [0.25, 0.3) is 5.91 Å². The van der Waals surface area contributed by atoms with Crippen LogP contribution in [0.3, 0.4) is 0 Å². The van der Waals surface area contributed by atoms with Crippen molar-refractivity contribution in [1.82, 2.24) is 10.6 Å². The molecule has 2 amide bonds. The lowest BCUT2D eigenvalue weighted by atomic mass is 10.1. The molecular formula is C16H21N3O2. The van der Waals surface area contributed by atoms with Crippen LogP contribution in [0.25, 0.3) is 0 Å². The van der Waals surface area contributed by atoms with Crippen molar-refractivity contribution in [2.24, 2.45) is 5.73 Å². The molecule has 0 aliphatic rings. The van der Waals surface area contributed by atoms with Gasteiger partial charge in [0.2, 0.25) is 5.91 Å². The molecule has 1 rings (SSSR count). The highest BCUT2D eigenvalue weighted by Crippen LogP contribution is 2.07. The predicted molar refractivity (Wildman–Crippen MR) is 82.6 cm³/mol. The van der Waals surface area contributed by atoms with Crippen LogP contribution in [0.1, 0.15) is 35.7 Å². The third kappa shape index (κ3) is 6.11. The van der Waals surface area contributed by atoms with Crippen molar-refractivity contribution in [1.29, 1.82) is 0 Å². The maximum atomic E-state index is 12.1. The highest BCUT2D eigenvalue weighted by atomic mass is 16.2. The summed E-state index contributed by atoms with van der Waals surface area (Å²) in [5.41, 5.74) is 6.47. The van der Waals surface area contributed by atoms with E-state index in [0.29, 0.717) is 24.2 Å². The third-order valence-corrected chi connectivity index (χ3v) is 2.71. The average Bonchev–Trinajstić information content (AvgIpc) is 2.51. The van der Waals surface area contributed by atoms with E-state index < -0.39 is 0 Å². The van der Waals surface area contributed by atoms with Crippen molar-refractivity contribution in [3.8, 4) is 11.8 Å². The minimum atomic E-state index is -0.236. The summed E-state index contributed by atoms with van der Waals surface area (Å²) in [5.74, 6) is 5.30. The Morgan fingerprint density at radius 2 is 1.95 bits per heavy atom. The number of benzene rings is 1. The number of nitrogens with two attached hydrogens (primary N) is 1. The van der Waals surface area contributed by atoms with Gasteiger partial charge in [-0.1, -0.05) is 30.9 Å². The zero-order valence-electron chi connectivity index (χ0n) is 12.2. The van der Waals surface area contributed by atoms with E-state index in [-0.39, 0.29) is 24.8 Å². The lowest BCUT2D eigenvalue weighted by Crippen LogP contribution is -2.31. The Morgan fingerprint density at radius 3 is 2.67 bits per heavy atom. The quantitative estimate of drug-likeness (QED) is 0.671. The molecule has 4 N–H and O–H groups in total. The van der Waals surface area contributed by atoms with Gasteiger partial charge in [0.1, 0.15) is 0 Å². The summed E-state index contributed by atoms with van der Waals surface area (Å²) in [6.45, 7) is 3.19. The number of carbonyl (C=O) groups is 2. The van der Waals surface area contributed by atoms with Crippen molar-refractivity contribution in [3.05, 3.63) is 35.4 Å². The summed E-state index contributed by atoms with van der Waals surface area (Å²) in [4.78, 5) is 23.5. The maximum absolute atomic E-state index is 12.1. The standard InChI is InChI=1S/C16H21N3O2/c1-2-11-18-15(20)9-12-19-16(21)14-8-4-3-6-13(14)7-5-10-17/h3-4,6,8H,2,9-12,17H2,1H3,(H,18,20)(H,19,21). The van der Waals surface area contributed by atoms with E-state index >= 15 is 0 Å². The van der Waals surface area contributed by atoms with Gasteiger partial charge in [-0.25, -0.2) is 0 Å². The molecule has 21 heavy (non-hydrogen) atoms. The predicted octanol–water partition coefficient (Wildman–Crippen LogP) is 0.643. The van der Waals surface area contributed by atoms with E-state index in [4.69, 9.17) is 5.73 Å². The first-order valence-corrected chi connectivity index (χ1v) is 7.02. The van der Waals surface area contributed by atoms with Gasteiger partial charge in [-0.2, -0.15) is 0 Å². The molecule has 0 bridgehead atoms. The van der Waals surface area contributed by atoms with E-state index in [1.807, 2.05) is 13.0 Å². The van der Waals surface area contributed by atoms with Gasteiger partial charge < -0.3 is 16.4 Å². The Kier molecular flexibility index (Phi) is 7.62. The summed E-state index contributed by atoms with van der Waals surface area (Å²) >= 11 is 0. The van der Waals surface area contributed by atoms with Crippen LogP contribution in [-0.4, -0.2) is 31.4 Å². The van der Waals surface area contributed by atoms with E-state index in [9.17, 15) is 9.59 Å². The second-order valence-electron chi connectivity index (χ2n) is 4.41. The summed E-state index contributed by atoms with van der Waals surface area (Å²) < 4.78 is 0. The van der Waals surface area contributed by atoms with E-state index in [1.165, 1.54) is 0 Å². The van der Waals surface area contributed by atoms with Crippen LogP contribution in [0.2, 0.25) is 0 Å². The molecule has 1 aromatic carbocycles. The Morgan fingerprint density at radius 1 is 1.19 bits per heavy atom. The largest absolute Gasteiger partial charge is 0.356 e. The second-order valence-corrected chi connectivity index (χ2v) is 4.41. The highest BCUT2D eigenvalue weighted by Gasteiger charge is 2.09. The van der Waals surface area contributed by atoms with Crippen molar-refractivity contribution in [2.75, 3.05) is 19.6 Å². The van der Waals surface area contributed by atoms with Crippen molar-refractivity contribution in [3.63, 3.8) is 0 Å². The number of amides is 2. The fourth-order valence-corrected chi connectivity index (χ4v) is 1.67. The summed E-state index contributed by atoms with van der Waals surface area (Å²) in [7, 11) is 0. The fraction of sp³-hybridized carbons (Fsp3) is 0.375. The normalized spacial score (nSPS) is 9.43. The van der Waals surface area contributed by atoms with Crippen LogP contribution in [0.4, 0.5) is 0 Å². The molecule has 0 radical (unpaired) electrons. The van der Waals surface area contributed by atoms with Gasteiger partial charge in [-0.15, -0.1) is 0 Å². The highest BCUT2D eigenvalue weighted by molar-refractivity contribution is 5.96. The molecular weight excluding hydrogens is 266 g/mol. The Balaban J connectivity index is 2.54. The van der Waals surface area contributed by atoms with Crippen LogP contribution in [-0.2, 0) is 4.79 Å². The topological polar surface area (TPSA) is 84.2 Å². The number of hydrogen-bond donors (Lipinski definition) is 3. The van der Waals surface area contributed by atoms with Gasteiger partial charge in [0, 0.05) is 25.1 Å². The molecule has 0 heterocycles. The molecule has 0 fully saturated rings. The number of carbonyl (C=O) groups excluding carboxylic acids is 2. The Hall–Kier alpha value is -2.32. The van der Waals surface area contributed by atoms with Crippen LogP contribution < -0.4 is 16.4 Å². The minimum absolute atomic E-state index is 0.0617. The Labute approximate surface area is 125 Å². The molecule has 0 spiro atoms. The molecule has 0 unspecified atom stereocenters. The molecule has 0 aliphatic heterocycles. The van der Waals surface area contributed by atoms with Crippen LogP contribution in [0.5, 0.6) is 0 Å². The molecule has 1 aromatic rings. The molecule has 0 atom stereocenters. The molecule has 0 aliphatic carbocycles. The first-order chi connectivity index (χ1) is 10.2. The average molecular weight is 287 g/mol. The lowest BCUT2D eigenvalue weighted by molar-refractivity contribution is -0.120. The number of nitrogens with one attached hydrogen (secondary N) is 2. The zero-order chi connectivity index (χ0) is 15.5. The van der Waals surface area contributed by atoms with Crippen LogP contribution in [0.15, 0.2) is 24.3 Å². The van der Waals surface area contributed by atoms with Crippen molar-refractivity contribution < 1.29 is 9.59 Å². The second kappa shape index (κ2) is 9.56. The van der Waals surface area contributed by atoms with Crippen LogP contribution in [0, 0.1) is 11.8 Å². The van der Waals surface area contributed by atoms with Gasteiger partial charge >= 0.3 is 0 Å². The smallest absolute Gasteiger partial charge is 0.252 e. The molecule has 0 aromatic heterocycles. The SMILES string of the molecule is CCCNC(=O)CCNC(=O)c1ccccc1C#CCN. The minimum Gasteiger partial charge on any atom is -0.356 e. The molecule has 112 valence electrons. The third-order valence-electron chi connectivity index (χ3n) is 2.71. The van der Waals surface area contributed by atoms with Gasteiger partial charge in [0.15, 0.2) is 0 Å². The summed E-state index contributed by atoms with van der Waals surface area (Å²) in [5, 5.41) is 5.48. The molecule has 5 heteroatoms. The molecule has 0 saturated heterocycles. The fourth-order valence-electron chi connectivity index (χ4n) is 1.67. The molecule has 5 nitrogen and oxygen atoms in total. The monoisotopic (exact) mass is 287 g/mol. The van der Waals surface area contributed by atoms with E-state index in [1.54, 1.807) is 18.2 Å². The van der Waals surface area contributed by atoms with Gasteiger partial charge in [-0.3, -0.25) is 9.59 Å². The Bertz CT molecular complexity index is 544. The summed E-state index contributed by atoms with van der Waals surface area (Å²) in [6.07, 6.45) is 1.16. The van der Waals surface area contributed by atoms with Crippen LogP contribution >= 0.6 is 0 Å². The van der Waals surface area contributed by atoms with Crippen molar-refractivity contribution >= 4 is 11.8 Å². The zero-order valence-corrected chi connectivity index (χ0v) is 12.2. The van der Waals surface area contributed by atoms with Gasteiger partial charge in [-0.05, 0) is 18.6 Å². The van der Waals surface area contributed by atoms with E-state index in [2.05, 4.69) is 22.5 Å². The first-order valence-electron chi connectivity index (χ1n) is 7.02.